The first-order valence-electron chi connectivity index (χ1n) is 8.66. The van der Waals surface area contributed by atoms with E-state index in [2.05, 4.69) is 0 Å². The fourth-order valence-electron chi connectivity index (χ4n) is 3.86. The number of rotatable bonds is 2. The number of hydrogen-bond donors (Lipinski definition) is 2. The van der Waals surface area contributed by atoms with E-state index in [1.165, 1.54) is 0 Å². The van der Waals surface area contributed by atoms with Gasteiger partial charge in [0.1, 0.15) is 11.9 Å². The summed E-state index contributed by atoms with van der Waals surface area (Å²) >= 11 is 0. The molecule has 2 fully saturated rings. The molecule has 0 radical (unpaired) electrons. The van der Waals surface area contributed by atoms with Crippen LogP contribution in [0, 0.1) is 5.82 Å². The van der Waals surface area contributed by atoms with E-state index in [0.717, 1.165) is 18.2 Å². The molecule has 2 N–H and O–H groups in total. The summed E-state index contributed by atoms with van der Waals surface area (Å²) in [6, 6.07) is 2.42. The maximum atomic E-state index is 13.9. The lowest BCUT2D eigenvalue weighted by Gasteiger charge is -2.51. The molecule has 2 aliphatic rings. The highest BCUT2D eigenvalue weighted by Gasteiger charge is 2.52. The Morgan fingerprint density at radius 1 is 1.23 bits per heavy atom. The molecule has 0 saturated carbocycles. The van der Waals surface area contributed by atoms with Crippen LogP contribution in [0.4, 0.5) is 17.6 Å². The van der Waals surface area contributed by atoms with Crippen molar-refractivity contribution in [1.29, 1.82) is 0 Å². The number of alkyl halides is 3. The smallest absolute Gasteiger partial charge is 0.387 e. The molecule has 26 heavy (non-hydrogen) atoms. The molecule has 1 aromatic rings. The van der Waals surface area contributed by atoms with Crippen molar-refractivity contribution in [3.8, 4) is 0 Å². The van der Waals surface area contributed by atoms with Crippen molar-refractivity contribution in [2.75, 3.05) is 19.7 Å². The lowest BCUT2D eigenvalue weighted by Crippen LogP contribution is -2.64. The number of hydrogen-bond acceptors (Lipinski definition) is 4. The number of aliphatic hydroxyl groups excluding tert-OH is 1. The molecule has 1 spiro atoms. The van der Waals surface area contributed by atoms with E-state index >= 15 is 0 Å². The Balaban J connectivity index is 1.68. The minimum absolute atomic E-state index is 0.00659. The quantitative estimate of drug-likeness (QED) is 0.779. The minimum atomic E-state index is -4.51. The van der Waals surface area contributed by atoms with Gasteiger partial charge >= 0.3 is 6.18 Å². The zero-order valence-corrected chi connectivity index (χ0v) is 14.5. The van der Waals surface area contributed by atoms with Crippen LogP contribution >= 0.6 is 0 Å². The first-order chi connectivity index (χ1) is 12.0. The zero-order chi connectivity index (χ0) is 19.2. The maximum absolute atomic E-state index is 13.9. The van der Waals surface area contributed by atoms with Gasteiger partial charge in [0.25, 0.3) is 0 Å². The Kier molecular flexibility index (Phi) is 5.07. The summed E-state index contributed by atoms with van der Waals surface area (Å²) in [5.74, 6) is -0.671. The molecule has 0 unspecified atom stereocenters. The molecule has 8 heteroatoms. The average molecular weight is 377 g/mol. The fraction of sp³-hybridized carbons (Fsp3) is 0.667. The summed E-state index contributed by atoms with van der Waals surface area (Å²) in [7, 11) is 0. The van der Waals surface area contributed by atoms with E-state index in [4.69, 9.17) is 4.74 Å². The fourth-order valence-corrected chi connectivity index (χ4v) is 3.86. The second-order valence-corrected chi connectivity index (χ2v) is 7.50. The van der Waals surface area contributed by atoms with Crippen LogP contribution in [0.5, 0.6) is 0 Å². The molecular formula is C18H23F4NO3. The van der Waals surface area contributed by atoms with Crippen molar-refractivity contribution in [3.63, 3.8) is 0 Å². The van der Waals surface area contributed by atoms with Gasteiger partial charge in [-0.3, -0.25) is 4.90 Å². The third-order valence-electron chi connectivity index (χ3n) is 5.55. The predicted octanol–water partition coefficient (Wildman–Crippen LogP) is 2.71. The second-order valence-electron chi connectivity index (χ2n) is 7.50. The molecule has 3 rings (SSSR count). The minimum Gasteiger partial charge on any atom is -0.387 e. The molecule has 1 aromatic carbocycles. The third kappa shape index (κ3) is 3.74. The molecule has 0 bridgehead atoms. The zero-order valence-electron chi connectivity index (χ0n) is 14.5. The van der Waals surface area contributed by atoms with Gasteiger partial charge in [0, 0.05) is 31.6 Å². The third-order valence-corrected chi connectivity index (χ3v) is 5.55. The lowest BCUT2D eigenvalue weighted by atomic mass is 9.75. The molecule has 2 heterocycles. The van der Waals surface area contributed by atoms with Gasteiger partial charge in [0.2, 0.25) is 0 Å². The SMILES string of the molecule is C[C@@]1(O)CCOC2(CCN(Cc3cc(C(F)(F)F)ccc3F)CC2)[C@H]1O. The highest BCUT2D eigenvalue weighted by molar-refractivity contribution is 5.27. The van der Waals surface area contributed by atoms with Crippen molar-refractivity contribution in [3.05, 3.63) is 35.1 Å². The Bertz CT molecular complexity index is 654. The Labute approximate surface area is 149 Å². The van der Waals surface area contributed by atoms with E-state index in [9.17, 15) is 27.8 Å². The van der Waals surface area contributed by atoms with Crippen molar-refractivity contribution >= 4 is 0 Å². The first-order valence-corrected chi connectivity index (χ1v) is 8.66. The van der Waals surface area contributed by atoms with E-state index in [1.54, 1.807) is 6.92 Å². The van der Waals surface area contributed by atoms with E-state index in [1.807, 2.05) is 4.90 Å². The molecule has 0 aromatic heterocycles. The largest absolute Gasteiger partial charge is 0.416 e. The lowest BCUT2D eigenvalue weighted by molar-refractivity contribution is -0.246. The molecule has 0 amide bonds. The molecule has 2 aliphatic heterocycles. The van der Waals surface area contributed by atoms with Gasteiger partial charge in [-0.15, -0.1) is 0 Å². The molecule has 2 saturated heterocycles. The molecule has 4 nitrogen and oxygen atoms in total. The number of halogens is 4. The summed E-state index contributed by atoms with van der Waals surface area (Å²) in [5.41, 5.74) is -2.96. The molecule has 2 atom stereocenters. The van der Waals surface area contributed by atoms with Crippen molar-refractivity contribution in [2.24, 2.45) is 0 Å². The summed E-state index contributed by atoms with van der Waals surface area (Å²) < 4.78 is 58.2. The van der Waals surface area contributed by atoms with Gasteiger partial charge in [-0.2, -0.15) is 13.2 Å². The number of nitrogens with zero attached hydrogens (tertiary/aromatic N) is 1. The van der Waals surface area contributed by atoms with Crippen LogP contribution in [-0.4, -0.2) is 52.1 Å². The van der Waals surface area contributed by atoms with Crippen LogP contribution < -0.4 is 0 Å². The summed E-state index contributed by atoms with van der Waals surface area (Å²) in [6.07, 6.45) is -4.36. The van der Waals surface area contributed by atoms with Crippen molar-refractivity contribution < 1.29 is 32.5 Å². The van der Waals surface area contributed by atoms with Crippen LogP contribution in [0.2, 0.25) is 0 Å². The van der Waals surface area contributed by atoms with Gasteiger partial charge in [0.05, 0.1) is 23.4 Å². The van der Waals surface area contributed by atoms with Crippen molar-refractivity contribution in [1.82, 2.24) is 4.90 Å². The number of piperidine rings is 1. The van der Waals surface area contributed by atoms with Crippen LogP contribution in [0.15, 0.2) is 18.2 Å². The van der Waals surface area contributed by atoms with Crippen LogP contribution in [0.3, 0.4) is 0 Å². The summed E-state index contributed by atoms with van der Waals surface area (Å²) in [5, 5.41) is 20.8. The molecule has 146 valence electrons. The molecule has 0 aliphatic carbocycles. The van der Waals surface area contributed by atoms with Gasteiger partial charge in [0.15, 0.2) is 0 Å². The Morgan fingerprint density at radius 3 is 2.50 bits per heavy atom. The van der Waals surface area contributed by atoms with Crippen LogP contribution in [0.1, 0.15) is 37.3 Å². The maximum Gasteiger partial charge on any atom is 0.416 e. The van der Waals surface area contributed by atoms with Crippen LogP contribution in [-0.2, 0) is 17.5 Å². The number of benzene rings is 1. The number of ether oxygens (including phenoxy) is 1. The highest BCUT2D eigenvalue weighted by atomic mass is 19.4. The van der Waals surface area contributed by atoms with E-state index in [-0.39, 0.29) is 12.1 Å². The van der Waals surface area contributed by atoms with Gasteiger partial charge in [-0.05, 0) is 38.0 Å². The van der Waals surface area contributed by atoms with Gasteiger partial charge in [-0.1, -0.05) is 0 Å². The predicted molar refractivity (Wildman–Crippen MR) is 85.8 cm³/mol. The molecular weight excluding hydrogens is 354 g/mol. The van der Waals surface area contributed by atoms with Gasteiger partial charge < -0.3 is 14.9 Å². The standard InChI is InChI=1S/C18H23F4NO3/c1-16(25)6-9-26-17(15(16)24)4-7-23(8-5-17)11-12-10-13(18(20,21)22)2-3-14(12)19/h2-3,10,15,24-25H,4-9,11H2,1H3/t15-,16+/m0/s1. The topological polar surface area (TPSA) is 52.9 Å². The summed E-state index contributed by atoms with van der Waals surface area (Å²) in [4.78, 5) is 1.84. The monoisotopic (exact) mass is 377 g/mol. The highest BCUT2D eigenvalue weighted by Crippen LogP contribution is 2.40. The average Bonchev–Trinajstić information content (AvgIpc) is 2.55. The van der Waals surface area contributed by atoms with Crippen molar-refractivity contribution in [2.45, 2.75) is 56.2 Å². The normalized spacial score (nSPS) is 29.9. The summed E-state index contributed by atoms with van der Waals surface area (Å²) in [6.45, 7) is 2.84. The second kappa shape index (κ2) is 6.74. The van der Waals surface area contributed by atoms with Crippen LogP contribution in [0.25, 0.3) is 0 Å². The van der Waals surface area contributed by atoms with E-state index < -0.39 is 34.9 Å². The van der Waals surface area contributed by atoms with Gasteiger partial charge in [-0.25, -0.2) is 4.39 Å². The number of likely N-dealkylation sites (tertiary alicyclic amines) is 1. The Hall–Kier alpha value is -1.22. The van der Waals surface area contributed by atoms with E-state index in [0.29, 0.717) is 39.0 Å². The number of aliphatic hydroxyl groups is 2. The first kappa shape index (κ1) is 19.5. The Morgan fingerprint density at radius 2 is 1.88 bits per heavy atom.